The minimum Gasteiger partial charge on any atom is -0.497 e. The molecule has 23 heavy (non-hydrogen) atoms. The van der Waals surface area contributed by atoms with Gasteiger partial charge in [-0.1, -0.05) is 38.8 Å². The van der Waals surface area contributed by atoms with Crippen LogP contribution in [0.3, 0.4) is 0 Å². The zero-order valence-corrected chi connectivity index (χ0v) is 14.6. The molecule has 0 aliphatic carbocycles. The van der Waals surface area contributed by atoms with E-state index in [1.807, 2.05) is 38.1 Å². The van der Waals surface area contributed by atoms with Crippen LogP contribution in [0.5, 0.6) is 5.75 Å². The molecule has 1 aromatic carbocycles. The highest BCUT2D eigenvalue weighted by atomic mass is 16.5. The van der Waals surface area contributed by atoms with Crippen LogP contribution in [0.2, 0.25) is 0 Å². The lowest BCUT2D eigenvalue weighted by atomic mass is 9.67. The highest BCUT2D eigenvalue weighted by Gasteiger charge is 2.44. The molecule has 0 aromatic heterocycles. The third kappa shape index (κ3) is 4.25. The monoisotopic (exact) mass is 317 g/mol. The van der Waals surface area contributed by atoms with Gasteiger partial charge in [-0.2, -0.15) is 5.26 Å². The summed E-state index contributed by atoms with van der Waals surface area (Å²) in [5, 5.41) is 10.0. The molecule has 0 unspecified atom stereocenters. The molecule has 0 fully saturated rings. The topological polar surface area (TPSA) is 59.3 Å². The minimum absolute atomic E-state index is 0.285. The van der Waals surface area contributed by atoms with Crippen molar-refractivity contribution in [2.45, 2.75) is 51.9 Å². The molecule has 1 aromatic rings. The average molecular weight is 317 g/mol. The van der Waals surface area contributed by atoms with Crippen LogP contribution in [0.25, 0.3) is 0 Å². The van der Waals surface area contributed by atoms with Gasteiger partial charge in [-0.3, -0.25) is 4.79 Å². The third-order valence-corrected chi connectivity index (χ3v) is 4.17. The van der Waals surface area contributed by atoms with Gasteiger partial charge in [0, 0.05) is 0 Å². The molecule has 0 heterocycles. The quantitative estimate of drug-likeness (QED) is 0.639. The van der Waals surface area contributed by atoms with Crippen LogP contribution < -0.4 is 4.74 Å². The second kappa shape index (κ2) is 9.19. The van der Waals surface area contributed by atoms with E-state index in [1.54, 1.807) is 14.0 Å². The van der Waals surface area contributed by atoms with E-state index in [9.17, 15) is 10.1 Å². The standard InChI is InChI=1S/C19H27NO3/c1-5-9-17(18(21)23-7-3)19(14-20,12-6-2)15-10-8-11-16(13-15)22-4/h8,10-11,13,17H,5-7,9,12H2,1-4H3/t17-,19+/m1/s1. The Bertz CT molecular complexity index is 550. The summed E-state index contributed by atoms with van der Waals surface area (Å²) in [6.07, 6.45) is 2.87. The molecular formula is C19H27NO3. The van der Waals surface area contributed by atoms with Crippen LogP contribution >= 0.6 is 0 Å². The summed E-state index contributed by atoms with van der Waals surface area (Å²) < 4.78 is 10.6. The van der Waals surface area contributed by atoms with Crippen molar-refractivity contribution < 1.29 is 14.3 Å². The summed E-state index contributed by atoms with van der Waals surface area (Å²) in [5.41, 5.74) is -0.0568. The Morgan fingerprint density at radius 3 is 2.57 bits per heavy atom. The molecule has 1 rings (SSSR count). The number of ether oxygens (including phenoxy) is 2. The molecule has 0 spiro atoms. The van der Waals surface area contributed by atoms with Gasteiger partial charge in [0.1, 0.15) is 5.75 Å². The van der Waals surface area contributed by atoms with Gasteiger partial charge in [0.25, 0.3) is 0 Å². The molecule has 0 bridgehead atoms. The van der Waals surface area contributed by atoms with Crippen LogP contribution in [0, 0.1) is 17.2 Å². The molecule has 0 aliphatic rings. The van der Waals surface area contributed by atoms with E-state index in [1.165, 1.54) is 0 Å². The van der Waals surface area contributed by atoms with Crippen LogP contribution in [-0.2, 0) is 14.9 Å². The summed E-state index contributed by atoms with van der Waals surface area (Å²) in [6.45, 7) is 6.16. The van der Waals surface area contributed by atoms with Crippen molar-refractivity contribution in [3.63, 3.8) is 0 Å². The first-order valence-electron chi connectivity index (χ1n) is 8.31. The Morgan fingerprint density at radius 1 is 1.30 bits per heavy atom. The zero-order valence-electron chi connectivity index (χ0n) is 14.6. The van der Waals surface area contributed by atoms with Gasteiger partial charge in [0.05, 0.1) is 31.1 Å². The second-order valence-corrected chi connectivity index (χ2v) is 5.66. The normalized spacial score (nSPS) is 14.4. The number of nitrogens with zero attached hydrogens (tertiary/aromatic N) is 1. The molecule has 0 N–H and O–H groups in total. The Hall–Kier alpha value is -2.02. The van der Waals surface area contributed by atoms with Gasteiger partial charge in [-0.05, 0) is 37.5 Å². The predicted molar refractivity (Wildman–Crippen MR) is 90.2 cm³/mol. The number of esters is 1. The Balaban J connectivity index is 3.43. The number of rotatable bonds is 9. The van der Waals surface area contributed by atoms with Crippen molar-refractivity contribution in [3.05, 3.63) is 29.8 Å². The number of carbonyl (C=O) groups excluding carboxylic acids is 1. The summed E-state index contributed by atoms with van der Waals surface area (Å²) in [6, 6.07) is 9.93. The number of benzene rings is 1. The lowest BCUT2D eigenvalue weighted by molar-refractivity contribution is -0.150. The van der Waals surface area contributed by atoms with Crippen molar-refractivity contribution >= 4 is 5.97 Å². The number of carbonyl (C=O) groups is 1. The fourth-order valence-electron chi connectivity index (χ4n) is 3.11. The highest BCUT2D eigenvalue weighted by Crippen LogP contribution is 2.41. The van der Waals surface area contributed by atoms with E-state index in [0.717, 1.165) is 18.4 Å². The molecule has 0 radical (unpaired) electrons. The smallest absolute Gasteiger partial charge is 0.310 e. The Kier molecular flexibility index (Phi) is 7.61. The summed E-state index contributed by atoms with van der Waals surface area (Å²) in [5.74, 6) is -0.0611. The van der Waals surface area contributed by atoms with E-state index < -0.39 is 11.3 Å². The Labute approximate surface area is 139 Å². The highest BCUT2D eigenvalue weighted by molar-refractivity contribution is 5.76. The lowest BCUT2D eigenvalue weighted by Crippen LogP contribution is -2.40. The maximum absolute atomic E-state index is 12.5. The van der Waals surface area contributed by atoms with Gasteiger partial charge in [-0.25, -0.2) is 0 Å². The van der Waals surface area contributed by atoms with Crippen molar-refractivity contribution in [2.24, 2.45) is 5.92 Å². The number of methoxy groups -OCH3 is 1. The van der Waals surface area contributed by atoms with Gasteiger partial charge in [0.15, 0.2) is 0 Å². The number of nitriles is 1. The van der Waals surface area contributed by atoms with E-state index in [4.69, 9.17) is 9.47 Å². The second-order valence-electron chi connectivity index (χ2n) is 5.66. The first-order chi connectivity index (χ1) is 11.1. The van der Waals surface area contributed by atoms with Crippen LogP contribution in [0.4, 0.5) is 0 Å². The molecule has 4 heteroatoms. The molecule has 126 valence electrons. The zero-order chi connectivity index (χ0) is 17.3. The van der Waals surface area contributed by atoms with Crippen molar-refractivity contribution in [1.82, 2.24) is 0 Å². The first-order valence-corrected chi connectivity index (χ1v) is 8.31. The first kappa shape index (κ1) is 19.0. The lowest BCUT2D eigenvalue weighted by Gasteiger charge is -2.34. The van der Waals surface area contributed by atoms with Crippen LogP contribution in [0.1, 0.15) is 52.0 Å². The molecule has 0 saturated carbocycles. The number of hydrogen-bond acceptors (Lipinski definition) is 4. The Morgan fingerprint density at radius 2 is 2.04 bits per heavy atom. The molecule has 2 atom stereocenters. The van der Waals surface area contributed by atoms with Gasteiger partial charge in [0.2, 0.25) is 0 Å². The predicted octanol–water partition coefficient (Wildman–Crippen LogP) is 4.24. The van der Waals surface area contributed by atoms with Crippen molar-refractivity contribution in [1.29, 1.82) is 5.26 Å². The van der Waals surface area contributed by atoms with Gasteiger partial charge < -0.3 is 9.47 Å². The van der Waals surface area contributed by atoms with Gasteiger partial charge in [-0.15, -0.1) is 0 Å². The summed E-state index contributed by atoms with van der Waals surface area (Å²) in [7, 11) is 1.60. The average Bonchev–Trinajstić information content (AvgIpc) is 2.58. The fourth-order valence-corrected chi connectivity index (χ4v) is 3.11. The maximum Gasteiger partial charge on any atom is 0.310 e. The minimum atomic E-state index is -0.883. The molecule has 0 amide bonds. The van der Waals surface area contributed by atoms with Crippen LogP contribution in [-0.4, -0.2) is 19.7 Å². The molecular weight excluding hydrogens is 290 g/mol. The van der Waals surface area contributed by atoms with E-state index >= 15 is 0 Å². The summed E-state index contributed by atoms with van der Waals surface area (Å²) in [4.78, 5) is 12.5. The third-order valence-electron chi connectivity index (χ3n) is 4.17. The van der Waals surface area contributed by atoms with Crippen molar-refractivity contribution in [2.75, 3.05) is 13.7 Å². The van der Waals surface area contributed by atoms with Crippen LogP contribution in [0.15, 0.2) is 24.3 Å². The van der Waals surface area contributed by atoms with E-state index in [2.05, 4.69) is 6.07 Å². The molecule has 0 aliphatic heterocycles. The molecule has 0 saturated heterocycles. The molecule has 4 nitrogen and oxygen atoms in total. The maximum atomic E-state index is 12.5. The number of hydrogen-bond donors (Lipinski definition) is 0. The SMILES string of the molecule is CCC[C@H](C(=O)OCC)[C@](C#N)(CCC)c1cccc(OC)c1. The summed E-state index contributed by atoms with van der Waals surface area (Å²) >= 11 is 0. The van der Waals surface area contributed by atoms with E-state index in [0.29, 0.717) is 25.2 Å². The fraction of sp³-hybridized carbons (Fsp3) is 0.579. The van der Waals surface area contributed by atoms with E-state index in [-0.39, 0.29) is 5.97 Å². The largest absolute Gasteiger partial charge is 0.497 e. The van der Waals surface area contributed by atoms with Gasteiger partial charge >= 0.3 is 5.97 Å². The van der Waals surface area contributed by atoms with Crippen molar-refractivity contribution in [3.8, 4) is 11.8 Å².